The average molecular weight is 273 g/mol. The van der Waals surface area contributed by atoms with E-state index in [0.717, 1.165) is 0 Å². The summed E-state index contributed by atoms with van der Waals surface area (Å²) in [6.45, 7) is 0.408. The first kappa shape index (κ1) is 12.2. The fourth-order valence-electron chi connectivity index (χ4n) is 1.58. The second-order valence-electron chi connectivity index (χ2n) is 3.40. The number of amides is 1. The lowest BCUT2D eigenvalue weighted by Crippen LogP contribution is -2.39. The molecule has 0 bridgehead atoms. The van der Waals surface area contributed by atoms with Gasteiger partial charge in [0, 0.05) is 18.5 Å². The van der Waals surface area contributed by atoms with Gasteiger partial charge < -0.3 is 10.0 Å². The Bertz CT molecular complexity index is 469. The third kappa shape index (κ3) is 2.37. The van der Waals surface area contributed by atoms with Gasteiger partial charge in [-0.2, -0.15) is 0 Å². The highest BCUT2D eigenvalue weighted by Gasteiger charge is 2.35. The SMILES string of the molecule is O=C(O)C1SCCN1C(=O)c1cccnc1Cl. The molecule has 0 aliphatic carbocycles. The molecule has 2 heterocycles. The summed E-state index contributed by atoms with van der Waals surface area (Å²) in [7, 11) is 0. The average Bonchev–Trinajstić information content (AvgIpc) is 2.77. The van der Waals surface area contributed by atoms with Crippen LogP contribution in [0.4, 0.5) is 0 Å². The van der Waals surface area contributed by atoms with E-state index in [2.05, 4.69) is 4.98 Å². The van der Waals surface area contributed by atoms with Gasteiger partial charge >= 0.3 is 5.97 Å². The first-order valence-corrected chi connectivity index (χ1v) is 6.30. The first-order chi connectivity index (χ1) is 8.11. The van der Waals surface area contributed by atoms with Gasteiger partial charge in [-0.15, -0.1) is 11.8 Å². The number of thioether (sulfide) groups is 1. The molecule has 90 valence electrons. The maximum atomic E-state index is 12.1. The van der Waals surface area contributed by atoms with Crippen LogP contribution in [0.1, 0.15) is 10.4 Å². The number of halogens is 1. The van der Waals surface area contributed by atoms with Gasteiger partial charge in [0.2, 0.25) is 0 Å². The number of carboxylic acid groups (broad SMARTS) is 1. The zero-order valence-electron chi connectivity index (χ0n) is 8.67. The van der Waals surface area contributed by atoms with E-state index in [1.54, 1.807) is 12.1 Å². The Balaban J connectivity index is 2.26. The summed E-state index contributed by atoms with van der Waals surface area (Å²) in [6.07, 6.45) is 1.48. The van der Waals surface area contributed by atoms with Gasteiger partial charge in [-0.25, -0.2) is 9.78 Å². The van der Waals surface area contributed by atoms with Crippen LogP contribution in [0, 0.1) is 0 Å². The quantitative estimate of drug-likeness (QED) is 0.823. The number of pyridine rings is 1. The number of aromatic nitrogens is 1. The molecule has 5 nitrogen and oxygen atoms in total. The van der Waals surface area contributed by atoms with Crippen molar-refractivity contribution in [3.8, 4) is 0 Å². The van der Waals surface area contributed by atoms with Crippen molar-refractivity contribution in [3.63, 3.8) is 0 Å². The predicted molar refractivity (Wildman–Crippen MR) is 64.2 cm³/mol. The number of aliphatic carboxylic acids is 1. The van der Waals surface area contributed by atoms with Crippen molar-refractivity contribution in [1.82, 2.24) is 9.88 Å². The van der Waals surface area contributed by atoms with E-state index < -0.39 is 11.3 Å². The van der Waals surface area contributed by atoms with E-state index in [1.165, 1.54) is 22.9 Å². The zero-order chi connectivity index (χ0) is 12.4. The number of carbonyl (C=O) groups excluding carboxylic acids is 1. The molecule has 0 saturated carbocycles. The van der Waals surface area contributed by atoms with Crippen LogP contribution in [0.15, 0.2) is 18.3 Å². The van der Waals surface area contributed by atoms with E-state index >= 15 is 0 Å². The molecular formula is C10H9ClN2O3S. The van der Waals surface area contributed by atoms with E-state index in [4.69, 9.17) is 16.7 Å². The van der Waals surface area contributed by atoms with Crippen molar-refractivity contribution in [2.45, 2.75) is 5.37 Å². The largest absolute Gasteiger partial charge is 0.479 e. The summed E-state index contributed by atoms with van der Waals surface area (Å²) in [5, 5.41) is 8.25. The molecule has 1 aliphatic heterocycles. The maximum absolute atomic E-state index is 12.1. The van der Waals surface area contributed by atoms with Crippen LogP contribution in [0.3, 0.4) is 0 Å². The fraction of sp³-hybridized carbons (Fsp3) is 0.300. The number of carboxylic acids is 1. The van der Waals surface area contributed by atoms with Gasteiger partial charge in [0.1, 0.15) is 5.15 Å². The lowest BCUT2D eigenvalue weighted by atomic mass is 10.2. The van der Waals surface area contributed by atoms with Crippen molar-refractivity contribution < 1.29 is 14.7 Å². The Kier molecular flexibility index (Phi) is 3.54. The van der Waals surface area contributed by atoms with Gasteiger partial charge in [0.05, 0.1) is 5.56 Å². The molecule has 0 aromatic carbocycles. The Morgan fingerprint density at radius 3 is 3.00 bits per heavy atom. The Morgan fingerprint density at radius 1 is 1.59 bits per heavy atom. The normalized spacial score (nSPS) is 19.4. The van der Waals surface area contributed by atoms with Crippen LogP contribution in [0.2, 0.25) is 5.15 Å². The number of rotatable bonds is 2. The lowest BCUT2D eigenvalue weighted by molar-refractivity contribution is -0.138. The molecule has 1 aromatic heterocycles. The van der Waals surface area contributed by atoms with Gasteiger partial charge in [-0.05, 0) is 12.1 Å². The van der Waals surface area contributed by atoms with Gasteiger partial charge in [-0.1, -0.05) is 11.6 Å². The smallest absolute Gasteiger partial charge is 0.337 e. The van der Waals surface area contributed by atoms with Crippen molar-refractivity contribution in [3.05, 3.63) is 29.0 Å². The van der Waals surface area contributed by atoms with Crippen molar-refractivity contribution in [2.75, 3.05) is 12.3 Å². The summed E-state index contributed by atoms with van der Waals surface area (Å²) in [5.74, 6) is -0.790. The molecule has 0 spiro atoms. The summed E-state index contributed by atoms with van der Waals surface area (Å²) in [5.41, 5.74) is 0.239. The number of carbonyl (C=O) groups is 2. The van der Waals surface area contributed by atoms with E-state index in [0.29, 0.717) is 12.3 Å². The molecule has 17 heavy (non-hydrogen) atoms. The molecule has 1 unspecified atom stereocenters. The highest BCUT2D eigenvalue weighted by molar-refractivity contribution is 8.00. The second-order valence-corrected chi connectivity index (χ2v) is 4.95. The fourth-order valence-corrected chi connectivity index (χ4v) is 2.83. The number of nitrogens with zero attached hydrogens (tertiary/aromatic N) is 2. The van der Waals surface area contributed by atoms with Crippen molar-refractivity contribution in [1.29, 1.82) is 0 Å². The number of hydrogen-bond donors (Lipinski definition) is 1. The predicted octanol–water partition coefficient (Wildman–Crippen LogP) is 1.33. The standard InChI is InChI=1S/C10H9ClN2O3S/c11-7-6(2-1-3-12-7)8(14)13-4-5-17-9(13)10(15)16/h1-3,9H,4-5H2,(H,15,16). The van der Waals surface area contributed by atoms with E-state index in [1.807, 2.05) is 0 Å². The molecule has 1 aliphatic rings. The topological polar surface area (TPSA) is 70.5 Å². The van der Waals surface area contributed by atoms with E-state index in [-0.39, 0.29) is 16.6 Å². The van der Waals surface area contributed by atoms with Gasteiger partial charge in [0.15, 0.2) is 5.37 Å². The molecular weight excluding hydrogens is 264 g/mol. The molecule has 1 fully saturated rings. The van der Waals surface area contributed by atoms with Gasteiger partial charge in [0.25, 0.3) is 5.91 Å². The van der Waals surface area contributed by atoms with Crippen LogP contribution in [-0.2, 0) is 4.79 Å². The van der Waals surface area contributed by atoms with E-state index in [9.17, 15) is 9.59 Å². The first-order valence-electron chi connectivity index (χ1n) is 4.87. The minimum Gasteiger partial charge on any atom is -0.479 e. The number of hydrogen-bond acceptors (Lipinski definition) is 4. The summed E-state index contributed by atoms with van der Waals surface area (Å²) >= 11 is 7.04. The molecule has 1 saturated heterocycles. The zero-order valence-corrected chi connectivity index (χ0v) is 10.2. The Morgan fingerprint density at radius 2 is 2.35 bits per heavy atom. The molecule has 7 heteroatoms. The maximum Gasteiger partial charge on any atom is 0.337 e. The Hall–Kier alpha value is -1.27. The third-order valence-electron chi connectivity index (χ3n) is 2.35. The molecule has 0 radical (unpaired) electrons. The second kappa shape index (κ2) is 4.93. The van der Waals surface area contributed by atoms with Crippen LogP contribution in [-0.4, -0.2) is 44.5 Å². The van der Waals surface area contributed by atoms with Crippen LogP contribution >= 0.6 is 23.4 Å². The summed E-state index contributed by atoms with van der Waals surface area (Å²) in [6, 6.07) is 3.14. The van der Waals surface area contributed by atoms with Crippen LogP contribution < -0.4 is 0 Å². The van der Waals surface area contributed by atoms with Gasteiger partial charge in [-0.3, -0.25) is 4.79 Å². The molecule has 1 amide bonds. The lowest BCUT2D eigenvalue weighted by Gasteiger charge is -2.20. The summed E-state index contributed by atoms with van der Waals surface area (Å²) < 4.78 is 0. The minimum atomic E-state index is -1.01. The van der Waals surface area contributed by atoms with Crippen LogP contribution in [0.25, 0.3) is 0 Å². The molecule has 1 N–H and O–H groups in total. The Labute approximate surface area is 107 Å². The molecule has 1 aromatic rings. The van der Waals surface area contributed by atoms with Crippen LogP contribution in [0.5, 0.6) is 0 Å². The summed E-state index contributed by atoms with van der Waals surface area (Å²) in [4.78, 5) is 28.2. The highest BCUT2D eigenvalue weighted by atomic mass is 35.5. The monoisotopic (exact) mass is 272 g/mol. The highest BCUT2D eigenvalue weighted by Crippen LogP contribution is 2.26. The molecule has 1 atom stereocenters. The van der Waals surface area contributed by atoms with Crippen molar-refractivity contribution >= 4 is 35.2 Å². The molecule has 2 rings (SSSR count). The van der Waals surface area contributed by atoms with Crippen molar-refractivity contribution in [2.24, 2.45) is 0 Å². The third-order valence-corrected chi connectivity index (χ3v) is 3.84. The minimum absolute atomic E-state index is 0.0959.